The molecule has 0 bridgehead atoms. The Morgan fingerprint density at radius 1 is 0.885 bits per heavy atom. The molecule has 26 heavy (non-hydrogen) atoms. The quantitative estimate of drug-likeness (QED) is 0.237. The molecule has 0 aliphatic carbocycles. The van der Waals surface area contributed by atoms with Gasteiger partial charge >= 0.3 is 0 Å². The highest BCUT2D eigenvalue weighted by molar-refractivity contribution is 5.83. The largest absolute Gasteiger partial charge is 0.374 e. The van der Waals surface area contributed by atoms with Gasteiger partial charge < -0.3 is 10.0 Å². The first kappa shape index (κ1) is 23.2. The van der Waals surface area contributed by atoms with Crippen LogP contribution in [0.5, 0.6) is 0 Å². The number of allylic oxidation sites excluding steroid dienone is 2. The zero-order chi connectivity index (χ0) is 18.9. The Balaban J connectivity index is 1.82. The highest BCUT2D eigenvalue weighted by Crippen LogP contribution is 2.14. The van der Waals surface area contributed by atoms with Gasteiger partial charge in [0.05, 0.1) is 6.54 Å². The Bertz CT molecular complexity index is 376. The van der Waals surface area contributed by atoms with Crippen LogP contribution in [0.2, 0.25) is 0 Å². The van der Waals surface area contributed by atoms with Gasteiger partial charge in [-0.15, -0.1) is 0 Å². The third-order valence-corrected chi connectivity index (χ3v) is 5.33. The fourth-order valence-corrected chi connectivity index (χ4v) is 3.66. The first-order valence-corrected chi connectivity index (χ1v) is 11.4. The van der Waals surface area contributed by atoms with Crippen molar-refractivity contribution < 1.29 is 5.11 Å². The number of aliphatic imine (C=N–C) groups is 1. The van der Waals surface area contributed by atoms with Gasteiger partial charge in [0.15, 0.2) is 0 Å². The second-order valence-electron chi connectivity index (χ2n) is 7.81. The van der Waals surface area contributed by atoms with E-state index in [1.54, 1.807) is 0 Å². The maximum Gasteiger partial charge on any atom is 0.125 e. The number of nitrogens with zero attached hydrogens (tertiary/aromatic N) is 2. The number of aliphatic hydroxyl groups is 1. The van der Waals surface area contributed by atoms with Crippen LogP contribution in [0.1, 0.15) is 110 Å². The van der Waals surface area contributed by atoms with Crippen LogP contribution in [0, 0.1) is 0 Å². The van der Waals surface area contributed by atoms with Crippen molar-refractivity contribution >= 4 is 5.84 Å². The average Bonchev–Trinajstić information content (AvgIpc) is 3.10. The Labute approximate surface area is 163 Å². The van der Waals surface area contributed by atoms with E-state index in [1.165, 1.54) is 89.9 Å². The van der Waals surface area contributed by atoms with Gasteiger partial charge in [0.2, 0.25) is 0 Å². The maximum absolute atomic E-state index is 9.70. The topological polar surface area (TPSA) is 35.8 Å². The summed E-state index contributed by atoms with van der Waals surface area (Å²) in [5.74, 6) is 1.12. The molecule has 0 aromatic rings. The van der Waals surface area contributed by atoms with Crippen LogP contribution in [-0.4, -0.2) is 35.2 Å². The fourth-order valence-electron chi connectivity index (χ4n) is 3.66. The molecule has 1 N–H and O–H groups in total. The SMILES string of the molecule is CCCCCCCCC/C=C/CCCCCCCC1=NCCN1C(C)O. The van der Waals surface area contributed by atoms with E-state index < -0.39 is 0 Å². The van der Waals surface area contributed by atoms with E-state index in [0.717, 1.165) is 25.3 Å². The van der Waals surface area contributed by atoms with Crippen LogP contribution in [0.4, 0.5) is 0 Å². The average molecular weight is 365 g/mol. The molecule has 0 radical (unpaired) electrons. The molecule has 1 aliphatic rings. The first-order valence-electron chi connectivity index (χ1n) is 11.4. The summed E-state index contributed by atoms with van der Waals surface area (Å²) in [5, 5.41) is 9.70. The molecule has 3 heteroatoms. The highest BCUT2D eigenvalue weighted by Gasteiger charge is 2.19. The summed E-state index contributed by atoms with van der Waals surface area (Å²) in [7, 11) is 0. The van der Waals surface area contributed by atoms with Crippen LogP contribution < -0.4 is 0 Å². The van der Waals surface area contributed by atoms with E-state index in [-0.39, 0.29) is 6.23 Å². The van der Waals surface area contributed by atoms with Crippen molar-refractivity contribution in [1.29, 1.82) is 0 Å². The molecule has 3 nitrogen and oxygen atoms in total. The third kappa shape index (κ3) is 11.7. The van der Waals surface area contributed by atoms with Crippen LogP contribution in [-0.2, 0) is 0 Å². The number of aliphatic hydroxyl groups excluding tert-OH is 1. The van der Waals surface area contributed by atoms with Crippen LogP contribution in [0.25, 0.3) is 0 Å². The molecule has 0 saturated heterocycles. The lowest BCUT2D eigenvalue weighted by Gasteiger charge is -2.23. The molecule has 1 heterocycles. The number of rotatable bonds is 17. The minimum absolute atomic E-state index is 0.385. The molecule has 152 valence electrons. The number of hydrogen-bond donors (Lipinski definition) is 1. The monoisotopic (exact) mass is 364 g/mol. The summed E-state index contributed by atoms with van der Waals surface area (Å²) >= 11 is 0. The van der Waals surface area contributed by atoms with E-state index in [2.05, 4.69) is 24.1 Å². The molecule has 0 aromatic carbocycles. The van der Waals surface area contributed by atoms with Crippen LogP contribution in [0.3, 0.4) is 0 Å². The normalized spacial score (nSPS) is 15.8. The molecular weight excluding hydrogens is 320 g/mol. The van der Waals surface area contributed by atoms with E-state index in [9.17, 15) is 5.11 Å². The van der Waals surface area contributed by atoms with Crippen molar-refractivity contribution in [3.05, 3.63) is 12.2 Å². The lowest BCUT2D eigenvalue weighted by Crippen LogP contribution is -2.35. The van der Waals surface area contributed by atoms with Gasteiger partial charge in [-0.3, -0.25) is 4.99 Å². The maximum atomic E-state index is 9.70. The molecule has 1 aliphatic heterocycles. The predicted molar refractivity (Wildman–Crippen MR) is 115 cm³/mol. The zero-order valence-electron chi connectivity index (χ0n) is 17.6. The standard InChI is InChI=1S/C23H44N2O/c1-3-4-5-6-7-8-9-10-11-12-13-14-15-16-17-18-19-23-24-20-21-25(23)22(2)26/h11-12,22,26H,3-10,13-21H2,1-2H3/b12-11+. The van der Waals surface area contributed by atoms with Crippen molar-refractivity contribution in [1.82, 2.24) is 4.90 Å². The Kier molecular flexibility index (Phi) is 14.6. The Morgan fingerprint density at radius 2 is 1.42 bits per heavy atom. The van der Waals surface area contributed by atoms with Crippen LogP contribution in [0.15, 0.2) is 17.1 Å². The van der Waals surface area contributed by atoms with Crippen molar-refractivity contribution in [2.45, 2.75) is 116 Å². The Morgan fingerprint density at radius 3 is 2.00 bits per heavy atom. The number of amidine groups is 1. The van der Waals surface area contributed by atoms with Crippen molar-refractivity contribution in [2.24, 2.45) is 4.99 Å². The second-order valence-corrected chi connectivity index (χ2v) is 7.81. The molecule has 0 fully saturated rings. The summed E-state index contributed by atoms with van der Waals surface area (Å²) in [6.07, 6.45) is 24.3. The van der Waals surface area contributed by atoms with Gasteiger partial charge in [0, 0.05) is 13.0 Å². The molecule has 1 rings (SSSR count). The molecule has 0 saturated carbocycles. The Hall–Kier alpha value is -0.830. The summed E-state index contributed by atoms with van der Waals surface area (Å²) in [6, 6.07) is 0. The molecular formula is C23H44N2O. The summed E-state index contributed by atoms with van der Waals surface area (Å²) < 4.78 is 0. The summed E-state index contributed by atoms with van der Waals surface area (Å²) in [4.78, 5) is 6.56. The van der Waals surface area contributed by atoms with Gasteiger partial charge in [-0.25, -0.2) is 0 Å². The smallest absolute Gasteiger partial charge is 0.125 e. The molecule has 1 unspecified atom stereocenters. The second kappa shape index (κ2) is 16.4. The third-order valence-electron chi connectivity index (χ3n) is 5.33. The van der Waals surface area contributed by atoms with Gasteiger partial charge in [0.25, 0.3) is 0 Å². The number of unbranched alkanes of at least 4 members (excludes halogenated alkanes) is 12. The minimum atomic E-state index is -0.385. The fraction of sp³-hybridized carbons (Fsp3) is 0.870. The summed E-state index contributed by atoms with van der Waals surface area (Å²) in [6.45, 7) is 5.86. The van der Waals surface area contributed by atoms with E-state index in [1.807, 2.05) is 11.8 Å². The lowest BCUT2D eigenvalue weighted by molar-refractivity contribution is 0.0766. The molecule has 1 atom stereocenters. The molecule has 0 amide bonds. The zero-order valence-corrected chi connectivity index (χ0v) is 17.6. The van der Waals surface area contributed by atoms with E-state index in [4.69, 9.17) is 0 Å². The molecule has 0 aromatic heterocycles. The van der Waals surface area contributed by atoms with Gasteiger partial charge in [-0.05, 0) is 39.0 Å². The summed E-state index contributed by atoms with van der Waals surface area (Å²) in [5.41, 5.74) is 0. The molecule has 0 spiro atoms. The first-order chi connectivity index (χ1) is 12.8. The van der Waals surface area contributed by atoms with Gasteiger partial charge in [-0.2, -0.15) is 0 Å². The number of hydrogen-bond acceptors (Lipinski definition) is 3. The van der Waals surface area contributed by atoms with Crippen LogP contribution >= 0.6 is 0 Å². The van der Waals surface area contributed by atoms with E-state index >= 15 is 0 Å². The highest BCUT2D eigenvalue weighted by atomic mass is 16.3. The van der Waals surface area contributed by atoms with Gasteiger partial charge in [-0.1, -0.05) is 76.9 Å². The minimum Gasteiger partial charge on any atom is -0.374 e. The van der Waals surface area contributed by atoms with Crippen molar-refractivity contribution in [3.63, 3.8) is 0 Å². The predicted octanol–water partition coefficient (Wildman–Crippen LogP) is 6.47. The van der Waals surface area contributed by atoms with Crippen molar-refractivity contribution in [2.75, 3.05) is 13.1 Å². The van der Waals surface area contributed by atoms with E-state index in [0.29, 0.717) is 0 Å². The van der Waals surface area contributed by atoms with Gasteiger partial charge in [0.1, 0.15) is 12.1 Å². The van der Waals surface area contributed by atoms with Crippen molar-refractivity contribution in [3.8, 4) is 0 Å². The lowest BCUT2D eigenvalue weighted by atomic mass is 10.1.